The molecule has 2 amide bonds. The lowest BCUT2D eigenvalue weighted by molar-refractivity contribution is -0.134. The summed E-state index contributed by atoms with van der Waals surface area (Å²) in [6.07, 6.45) is 3.12. The Labute approximate surface area is 196 Å². The summed E-state index contributed by atoms with van der Waals surface area (Å²) in [5.74, 6) is -0.335. The summed E-state index contributed by atoms with van der Waals surface area (Å²) >= 11 is 6.06. The minimum atomic E-state index is -0.313. The number of likely N-dealkylation sites (tertiary alicyclic amines) is 1. The first-order valence-electron chi connectivity index (χ1n) is 12.1. The van der Waals surface area contributed by atoms with Crippen molar-refractivity contribution in [2.24, 2.45) is 0 Å². The number of nitrogens with zero attached hydrogens (tertiary/aromatic N) is 4. The number of piperidine rings is 1. The van der Waals surface area contributed by atoms with Crippen LogP contribution in [0.15, 0.2) is 24.2 Å². The van der Waals surface area contributed by atoms with Crippen molar-refractivity contribution in [2.45, 2.75) is 32.2 Å². The monoisotopic (exact) mass is 460 g/mol. The molecule has 0 aliphatic carbocycles. The Hall–Kier alpha value is -2.09. The third kappa shape index (κ3) is 5.27. The highest BCUT2D eigenvalue weighted by atomic mass is 35.5. The molecule has 174 valence electrons. The summed E-state index contributed by atoms with van der Waals surface area (Å²) in [7, 11) is 2.17. The second-order valence-electron chi connectivity index (χ2n) is 8.99. The van der Waals surface area contributed by atoms with E-state index in [4.69, 9.17) is 13.0 Å². The summed E-state index contributed by atoms with van der Waals surface area (Å²) in [6.45, 7) is 7.94. The Morgan fingerprint density at radius 3 is 2.59 bits per heavy atom. The zero-order valence-corrected chi connectivity index (χ0v) is 19.8. The van der Waals surface area contributed by atoms with Gasteiger partial charge in [-0.3, -0.25) is 14.5 Å². The number of H-pyrrole nitrogens is 1. The van der Waals surface area contributed by atoms with E-state index in [1.54, 1.807) is 23.1 Å². The topological polar surface area (TPSA) is 62.9 Å². The van der Waals surface area contributed by atoms with Gasteiger partial charge in [-0.1, -0.05) is 18.5 Å². The Balaban J connectivity index is 1.38. The molecule has 2 aliphatic rings. The highest BCUT2D eigenvalue weighted by Crippen LogP contribution is 2.21. The molecule has 1 aromatic heterocycles. The number of benzene rings is 1. The molecular weight excluding hydrogens is 426 g/mol. The zero-order chi connectivity index (χ0) is 23.5. The van der Waals surface area contributed by atoms with Crippen molar-refractivity contribution in [3.8, 4) is 0 Å². The summed E-state index contributed by atoms with van der Waals surface area (Å²) in [6, 6.07) is 5.92. The third-order valence-corrected chi connectivity index (χ3v) is 6.93. The molecule has 32 heavy (non-hydrogen) atoms. The molecule has 1 N–H and O–H groups in total. The maximum atomic E-state index is 13.3. The molecule has 0 bridgehead atoms. The third-order valence-electron chi connectivity index (χ3n) is 6.69. The van der Waals surface area contributed by atoms with Crippen molar-refractivity contribution in [1.82, 2.24) is 24.6 Å². The molecule has 2 fully saturated rings. The first-order chi connectivity index (χ1) is 15.9. The van der Waals surface area contributed by atoms with Gasteiger partial charge in [0.05, 0.1) is 1.37 Å². The lowest BCUT2D eigenvalue weighted by Crippen LogP contribution is -2.55. The van der Waals surface area contributed by atoms with Gasteiger partial charge in [-0.25, -0.2) is 0 Å². The number of carbonyl (C=O) groups is 2. The van der Waals surface area contributed by atoms with E-state index in [1.165, 1.54) is 12.8 Å². The number of hydrogen-bond donors (Lipinski definition) is 1. The lowest BCUT2D eigenvalue weighted by atomic mass is 10.0. The van der Waals surface area contributed by atoms with Crippen LogP contribution >= 0.6 is 11.6 Å². The average molecular weight is 461 g/mol. The van der Waals surface area contributed by atoms with Gasteiger partial charge in [0.25, 0.3) is 5.91 Å². The fraction of sp³-hybridized carbons (Fsp3) is 0.583. The van der Waals surface area contributed by atoms with Crippen LogP contribution in [0.2, 0.25) is 5.02 Å². The summed E-state index contributed by atoms with van der Waals surface area (Å²) in [5.41, 5.74) is 0.904. The maximum absolute atomic E-state index is 13.3. The molecule has 3 heterocycles. The van der Waals surface area contributed by atoms with Crippen molar-refractivity contribution in [3.63, 3.8) is 0 Å². The quantitative estimate of drug-likeness (QED) is 0.720. The number of fused-ring (bicyclic) bond motifs is 1. The molecule has 0 radical (unpaired) electrons. The number of amides is 2. The fourth-order valence-corrected chi connectivity index (χ4v) is 4.95. The SMILES string of the molecule is [2H]c1c(C(=O)N(CCC)CC(=O)N2CCN(C3CCN(C)CC3)CC2)[nH]c2ccc(Cl)cc12. The first-order valence-corrected chi connectivity index (χ1v) is 12.0. The van der Waals surface area contributed by atoms with Crippen LogP contribution in [0.5, 0.6) is 0 Å². The average Bonchev–Trinajstić information content (AvgIpc) is 3.14. The second-order valence-corrected chi connectivity index (χ2v) is 9.43. The highest BCUT2D eigenvalue weighted by molar-refractivity contribution is 6.31. The molecule has 0 unspecified atom stereocenters. The summed E-state index contributed by atoms with van der Waals surface area (Å²) < 4.78 is 8.44. The summed E-state index contributed by atoms with van der Waals surface area (Å²) in [4.78, 5) is 37.8. The fourth-order valence-electron chi connectivity index (χ4n) is 4.78. The van der Waals surface area contributed by atoms with Crippen LogP contribution < -0.4 is 0 Å². The van der Waals surface area contributed by atoms with Crippen LogP contribution in [0.25, 0.3) is 10.9 Å². The Bertz CT molecular complexity index is 996. The molecule has 2 saturated heterocycles. The molecule has 2 aromatic rings. The van der Waals surface area contributed by atoms with Gasteiger partial charge in [0.15, 0.2) is 0 Å². The largest absolute Gasteiger partial charge is 0.351 e. The number of aromatic nitrogens is 1. The molecule has 4 rings (SSSR count). The number of hydrogen-bond acceptors (Lipinski definition) is 4. The predicted octanol–water partition coefficient (Wildman–Crippen LogP) is 2.91. The van der Waals surface area contributed by atoms with Gasteiger partial charge in [-0.2, -0.15) is 0 Å². The zero-order valence-electron chi connectivity index (χ0n) is 20.1. The molecule has 7 nitrogen and oxygen atoms in total. The molecular formula is C24H34ClN5O2. The first kappa shape index (κ1) is 21.7. The van der Waals surface area contributed by atoms with Gasteiger partial charge in [-0.05, 0) is 63.6 Å². The normalized spacial score (nSPS) is 19.3. The van der Waals surface area contributed by atoms with Gasteiger partial charge < -0.3 is 19.7 Å². The van der Waals surface area contributed by atoms with Crippen LogP contribution in [0.1, 0.15) is 38.0 Å². The minimum Gasteiger partial charge on any atom is -0.351 e. The van der Waals surface area contributed by atoms with Crippen LogP contribution in [-0.4, -0.2) is 102 Å². The van der Waals surface area contributed by atoms with Gasteiger partial charge >= 0.3 is 0 Å². The van der Waals surface area contributed by atoms with Crippen LogP contribution in [0.4, 0.5) is 0 Å². The van der Waals surface area contributed by atoms with Gasteiger partial charge in [0, 0.05) is 54.7 Å². The molecule has 0 saturated carbocycles. The molecule has 0 atom stereocenters. The highest BCUT2D eigenvalue weighted by Gasteiger charge is 2.29. The number of halogens is 1. The number of aromatic amines is 1. The number of nitrogens with one attached hydrogen (secondary N) is 1. The predicted molar refractivity (Wildman–Crippen MR) is 128 cm³/mol. The second kappa shape index (κ2) is 10.2. The van der Waals surface area contributed by atoms with E-state index in [0.717, 1.165) is 32.6 Å². The molecule has 8 heteroatoms. The standard InChI is InChI=1S/C24H34ClN5O2/c1-3-8-30(24(32)22-16-18-15-19(25)4-5-21(18)26-22)17-23(31)29-13-11-28(12-14-29)20-6-9-27(2)10-7-20/h4-5,15-16,20,26H,3,6-14,17H2,1-2H3/i16D. The Kier molecular flexibility index (Phi) is 6.95. The van der Waals surface area contributed by atoms with E-state index in [9.17, 15) is 9.59 Å². The van der Waals surface area contributed by atoms with Crippen molar-refractivity contribution < 1.29 is 11.0 Å². The van der Waals surface area contributed by atoms with Crippen LogP contribution in [0.3, 0.4) is 0 Å². The number of carbonyl (C=O) groups excluding carboxylic acids is 2. The number of piperazine rings is 1. The van der Waals surface area contributed by atoms with E-state index >= 15 is 0 Å². The lowest BCUT2D eigenvalue weighted by Gasteiger charge is -2.42. The van der Waals surface area contributed by atoms with E-state index in [0.29, 0.717) is 41.6 Å². The van der Waals surface area contributed by atoms with Gasteiger partial charge in [0.2, 0.25) is 5.91 Å². The van der Waals surface area contributed by atoms with Crippen molar-refractivity contribution in [3.05, 3.63) is 35.0 Å². The van der Waals surface area contributed by atoms with Crippen molar-refractivity contribution in [1.29, 1.82) is 0 Å². The molecule has 2 aliphatic heterocycles. The maximum Gasteiger partial charge on any atom is 0.270 e. The van der Waals surface area contributed by atoms with E-state index in [1.807, 2.05) is 11.8 Å². The van der Waals surface area contributed by atoms with Crippen molar-refractivity contribution >= 4 is 34.3 Å². The molecule has 1 aromatic carbocycles. The Morgan fingerprint density at radius 1 is 1.19 bits per heavy atom. The van der Waals surface area contributed by atoms with E-state index in [-0.39, 0.29) is 30.1 Å². The van der Waals surface area contributed by atoms with Gasteiger partial charge in [-0.15, -0.1) is 0 Å². The van der Waals surface area contributed by atoms with Crippen molar-refractivity contribution in [2.75, 3.05) is 59.4 Å². The van der Waals surface area contributed by atoms with Gasteiger partial charge in [0.1, 0.15) is 12.2 Å². The minimum absolute atomic E-state index is 0.0227. The summed E-state index contributed by atoms with van der Waals surface area (Å²) in [5, 5.41) is 1.13. The van der Waals surface area contributed by atoms with E-state index in [2.05, 4.69) is 21.8 Å². The van der Waals surface area contributed by atoms with Crippen LogP contribution in [-0.2, 0) is 4.79 Å². The van der Waals surface area contributed by atoms with Crippen LogP contribution in [0, 0.1) is 0 Å². The Morgan fingerprint density at radius 2 is 1.91 bits per heavy atom. The molecule has 0 spiro atoms. The smallest absolute Gasteiger partial charge is 0.270 e. The van der Waals surface area contributed by atoms with E-state index < -0.39 is 0 Å². The number of rotatable bonds is 6.